The highest BCUT2D eigenvalue weighted by Gasteiger charge is 2.49. The third kappa shape index (κ3) is 2.94. The molecule has 3 saturated heterocycles. The third-order valence-electron chi connectivity index (χ3n) is 7.82. The van der Waals surface area contributed by atoms with E-state index in [4.69, 9.17) is 9.73 Å². The molecular weight excluding hydrogens is 377 g/mol. The Morgan fingerprint density at radius 2 is 1.67 bits per heavy atom. The first-order valence-electron chi connectivity index (χ1n) is 11.3. The van der Waals surface area contributed by atoms with Crippen molar-refractivity contribution in [1.82, 2.24) is 9.80 Å². The number of halogens is 1. The Balaban J connectivity index is 1.31. The standard InChI is InChI=1S/C25H28FN3O/c26-20-7-5-19(6-8-20)23-21-4-2-1-3-18(21)9-13-29(23)24-27-17-22(30-24)25-10-14-28(15-11-25)16-12-25/h1-8,22-23H,9-17H2/t22?,23-/m0/s1. The predicted molar refractivity (Wildman–Crippen MR) is 115 cm³/mol. The van der Waals surface area contributed by atoms with Crippen LogP contribution in [0.4, 0.5) is 4.39 Å². The summed E-state index contributed by atoms with van der Waals surface area (Å²) in [7, 11) is 0. The van der Waals surface area contributed by atoms with E-state index in [0.29, 0.717) is 5.41 Å². The summed E-state index contributed by atoms with van der Waals surface area (Å²) < 4.78 is 20.3. The Bertz CT molecular complexity index is 951. The quantitative estimate of drug-likeness (QED) is 0.756. The molecule has 3 fully saturated rings. The van der Waals surface area contributed by atoms with Gasteiger partial charge in [0.2, 0.25) is 0 Å². The molecule has 2 bridgehead atoms. The van der Waals surface area contributed by atoms with Gasteiger partial charge in [-0.25, -0.2) is 9.38 Å². The van der Waals surface area contributed by atoms with Crippen molar-refractivity contribution in [3.8, 4) is 0 Å². The smallest absolute Gasteiger partial charge is 0.288 e. The molecule has 2 aromatic carbocycles. The van der Waals surface area contributed by atoms with Crippen LogP contribution in [0.15, 0.2) is 53.5 Å². The van der Waals surface area contributed by atoms with E-state index in [9.17, 15) is 4.39 Å². The van der Waals surface area contributed by atoms with Crippen LogP contribution in [0.25, 0.3) is 0 Å². The lowest BCUT2D eigenvalue weighted by Gasteiger charge is -2.50. The minimum atomic E-state index is -0.202. The fourth-order valence-corrected chi connectivity index (χ4v) is 5.95. The second-order valence-electron chi connectivity index (χ2n) is 9.28. The number of amidine groups is 1. The van der Waals surface area contributed by atoms with Crippen LogP contribution in [0.2, 0.25) is 0 Å². The Hall–Kier alpha value is -2.40. The summed E-state index contributed by atoms with van der Waals surface area (Å²) in [4.78, 5) is 9.81. The predicted octanol–water partition coefficient (Wildman–Crippen LogP) is 4.01. The number of hydrogen-bond donors (Lipinski definition) is 0. The molecule has 7 rings (SSSR count). The first kappa shape index (κ1) is 18.4. The van der Waals surface area contributed by atoms with E-state index in [1.54, 1.807) is 12.1 Å². The molecule has 0 aromatic heterocycles. The number of ether oxygens (including phenoxy) is 1. The molecule has 1 unspecified atom stereocenters. The fraction of sp³-hybridized carbons (Fsp3) is 0.480. The molecule has 5 aliphatic rings. The Labute approximate surface area is 177 Å². The van der Waals surface area contributed by atoms with Crippen molar-refractivity contribution in [2.24, 2.45) is 10.4 Å². The molecule has 0 N–H and O–H groups in total. The summed E-state index contributed by atoms with van der Waals surface area (Å²) in [5.74, 6) is -0.202. The van der Waals surface area contributed by atoms with Crippen molar-refractivity contribution in [2.75, 3.05) is 32.7 Å². The van der Waals surface area contributed by atoms with Crippen LogP contribution < -0.4 is 0 Å². The molecular formula is C25H28FN3O. The summed E-state index contributed by atoms with van der Waals surface area (Å²) >= 11 is 0. The van der Waals surface area contributed by atoms with E-state index in [1.165, 1.54) is 50.0 Å². The molecule has 4 nitrogen and oxygen atoms in total. The molecule has 2 aromatic rings. The highest BCUT2D eigenvalue weighted by Crippen LogP contribution is 2.46. The molecule has 0 spiro atoms. The average molecular weight is 406 g/mol. The number of aliphatic imine (C=N–C) groups is 1. The van der Waals surface area contributed by atoms with Crippen LogP contribution in [-0.2, 0) is 11.2 Å². The first-order chi connectivity index (χ1) is 14.7. The van der Waals surface area contributed by atoms with Crippen molar-refractivity contribution in [2.45, 2.75) is 37.8 Å². The van der Waals surface area contributed by atoms with Crippen LogP contribution in [0.5, 0.6) is 0 Å². The van der Waals surface area contributed by atoms with Gasteiger partial charge in [-0.05, 0) is 74.1 Å². The third-order valence-corrected chi connectivity index (χ3v) is 7.82. The fourth-order valence-electron chi connectivity index (χ4n) is 5.95. The van der Waals surface area contributed by atoms with Crippen molar-refractivity contribution < 1.29 is 9.13 Å². The SMILES string of the molecule is Fc1ccc([C@H]2c3ccccc3CCN2C2=NCC(C34CCN(CC3)CC4)O2)cc1. The Kier molecular flexibility index (Phi) is 4.34. The van der Waals surface area contributed by atoms with Crippen molar-refractivity contribution in [1.29, 1.82) is 0 Å². The van der Waals surface area contributed by atoms with Gasteiger partial charge in [0.25, 0.3) is 6.02 Å². The van der Waals surface area contributed by atoms with Crippen LogP contribution >= 0.6 is 0 Å². The van der Waals surface area contributed by atoms with Gasteiger partial charge in [0.05, 0.1) is 12.6 Å². The molecule has 0 radical (unpaired) electrons. The van der Waals surface area contributed by atoms with Gasteiger partial charge >= 0.3 is 0 Å². The molecule has 0 amide bonds. The highest BCUT2D eigenvalue weighted by molar-refractivity contribution is 5.77. The molecule has 0 saturated carbocycles. The van der Waals surface area contributed by atoms with Crippen LogP contribution in [-0.4, -0.2) is 54.6 Å². The summed E-state index contributed by atoms with van der Waals surface area (Å²) in [6, 6.07) is 16.3. The minimum Gasteiger partial charge on any atom is -0.459 e. The summed E-state index contributed by atoms with van der Waals surface area (Å²) in [5, 5.41) is 0. The van der Waals surface area contributed by atoms with Crippen molar-refractivity contribution in [3.05, 3.63) is 71.0 Å². The maximum Gasteiger partial charge on any atom is 0.288 e. The van der Waals surface area contributed by atoms with Gasteiger partial charge in [-0.15, -0.1) is 0 Å². The highest BCUT2D eigenvalue weighted by atomic mass is 19.1. The normalized spacial score (nSPS) is 32.5. The zero-order valence-corrected chi connectivity index (χ0v) is 17.3. The molecule has 5 heterocycles. The van der Waals surface area contributed by atoms with Gasteiger partial charge in [0.1, 0.15) is 11.9 Å². The second kappa shape index (κ2) is 7.09. The van der Waals surface area contributed by atoms with Crippen molar-refractivity contribution in [3.63, 3.8) is 0 Å². The van der Waals surface area contributed by atoms with Gasteiger partial charge in [-0.1, -0.05) is 36.4 Å². The average Bonchev–Trinajstić information content (AvgIpc) is 3.31. The largest absolute Gasteiger partial charge is 0.459 e. The van der Waals surface area contributed by atoms with E-state index in [1.807, 2.05) is 12.1 Å². The minimum absolute atomic E-state index is 0.0127. The number of fused-ring (bicyclic) bond motifs is 4. The number of hydrogen-bond acceptors (Lipinski definition) is 4. The number of rotatable bonds is 2. The number of nitrogens with zero attached hydrogens (tertiary/aromatic N) is 3. The lowest BCUT2D eigenvalue weighted by molar-refractivity contribution is -0.0553. The first-order valence-corrected chi connectivity index (χ1v) is 11.3. The molecule has 5 aliphatic heterocycles. The number of benzene rings is 2. The summed E-state index contributed by atoms with van der Waals surface area (Å²) in [5.41, 5.74) is 4.01. The summed E-state index contributed by atoms with van der Waals surface area (Å²) in [6.45, 7) is 5.23. The molecule has 30 heavy (non-hydrogen) atoms. The summed E-state index contributed by atoms with van der Waals surface area (Å²) in [6.07, 6.45) is 4.85. The van der Waals surface area contributed by atoms with E-state index in [0.717, 1.165) is 31.1 Å². The zero-order chi connectivity index (χ0) is 20.1. The molecule has 0 aliphatic carbocycles. The van der Waals surface area contributed by atoms with Crippen molar-refractivity contribution >= 4 is 6.02 Å². The monoisotopic (exact) mass is 405 g/mol. The zero-order valence-electron chi connectivity index (χ0n) is 17.3. The van der Waals surface area contributed by atoms with Crippen LogP contribution in [0.1, 0.15) is 42.0 Å². The van der Waals surface area contributed by atoms with Gasteiger partial charge in [-0.2, -0.15) is 0 Å². The Morgan fingerprint density at radius 3 is 2.43 bits per heavy atom. The molecule has 5 heteroatoms. The maximum atomic E-state index is 13.6. The number of piperidine rings is 3. The van der Waals surface area contributed by atoms with Crippen LogP contribution in [0, 0.1) is 11.2 Å². The van der Waals surface area contributed by atoms with E-state index < -0.39 is 0 Å². The lowest BCUT2D eigenvalue weighted by Crippen LogP contribution is -2.54. The van der Waals surface area contributed by atoms with E-state index >= 15 is 0 Å². The van der Waals surface area contributed by atoms with E-state index in [2.05, 4.69) is 34.1 Å². The molecule has 156 valence electrons. The van der Waals surface area contributed by atoms with Gasteiger partial charge < -0.3 is 14.5 Å². The second-order valence-corrected chi connectivity index (χ2v) is 9.28. The topological polar surface area (TPSA) is 28.1 Å². The maximum absolute atomic E-state index is 13.6. The lowest BCUT2D eigenvalue weighted by atomic mass is 9.68. The Morgan fingerprint density at radius 1 is 0.933 bits per heavy atom. The van der Waals surface area contributed by atoms with Gasteiger partial charge in [0.15, 0.2) is 0 Å². The van der Waals surface area contributed by atoms with Gasteiger partial charge in [-0.3, -0.25) is 0 Å². The molecule has 2 atom stereocenters. The van der Waals surface area contributed by atoms with Crippen LogP contribution in [0.3, 0.4) is 0 Å². The van der Waals surface area contributed by atoms with E-state index in [-0.39, 0.29) is 18.0 Å². The van der Waals surface area contributed by atoms with Gasteiger partial charge in [0, 0.05) is 12.0 Å².